The number of nitrogens with one attached hydrogen (secondary N) is 1. The van der Waals surface area contributed by atoms with Crippen LogP contribution < -0.4 is 5.32 Å². The van der Waals surface area contributed by atoms with Crippen LogP contribution in [0.1, 0.15) is 46.0 Å². The number of hydrogen-bond acceptors (Lipinski definition) is 4. The average Bonchev–Trinajstić information content (AvgIpc) is 2.42. The fourth-order valence-corrected chi connectivity index (χ4v) is 3.96. The van der Waals surface area contributed by atoms with Crippen LogP contribution in [-0.2, 0) is 4.79 Å². The van der Waals surface area contributed by atoms with Gasteiger partial charge in [-0.15, -0.1) is 0 Å². The van der Waals surface area contributed by atoms with Gasteiger partial charge in [0.1, 0.15) is 5.54 Å². The van der Waals surface area contributed by atoms with Crippen molar-refractivity contribution >= 4 is 17.7 Å². The maximum absolute atomic E-state index is 11.6. The van der Waals surface area contributed by atoms with Crippen molar-refractivity contribution in [2.24, 2.45) is 5.92 Å². The fourth-order valence-electron chi connectivity index (χ4n) is 2.51. The Morgan fingerprint density at radius 1 is 1.58 bits per heavy atom. The van der Waals surface area contributed by atoms with Gasteiger partial charge in [0.05, 0.1) is 0 Å². The predicted octanol–water partition coefficient (Wildman–Crippen LogP) is 2.11. The molecule has 4 nitrogen and oxygen atoms in total. The SMILES string of the molecule is CCCNC1(C(=O)O)CCCC(SCC(C)CO)C1. The quantitative estimate of drug-likeness (QED) is 0.638. The number of carboxylic acid groups (broad SMARTS) is 1. The lowest BCUT2D eigenvalue weighted by Crippen LogP contribution is -2.55. The Kier molecular flexibility index (Phi) is 7.18. The third kappa shape index (κ3) is 4.97. The molecular formula is C14H27NO3S. The van der Waals surface area contributed by atoms with Crippen LogP contribution >= 0.6 is 11.8 Å². The standard InChI is InChI=1S/C14H27NO3S/c1-3-7-15-14(13(17)18)6-4-5-12(8-14)19-10-11(2)9-16/h11-12,15-16H,3-10H2,1-2H3,(H,17,18). The van der Waals surface area contributed by atoms with Gasteiger partial charge in [-0.1, -0.05) is 13.8 Å². The molecule has 0 heterocycles. The summed E-state index contributed by atoms with van der Waals surface area (Å²) in [5.74, 6) is 0.487. The Morgan fingerprint density at radius 3 is 2.89 bits per heavy atom. The van der Waals surface area contributed by atoms with Crippen molar-refractivity contribution in [3.05, 3.63) is 0 Å². The summed E-state index contributed by atoms with van der Waals surface area (Å²) in [6, 6.07) is 0. The molecule has 1 aliphatic carbocycles. The summed E-state index contributed by atoms with van der Waals surface area (Å²) in [7, 11) is 0. The average molecular weight is 289 g/mol. The Bertz CT molecular complexity index is 288. The van der Waals surface area contributed by atoms with E-state index >= 15 is 0 Å². The third-order valence-electron chi connectivity index (χ3n) is 3.76. The number of hydrogen-bond donors (Lipinski definition) is 3. The maximum Gasteiger partial charge on any atom is 0.323 e. The Hall–Kier alpha value is -0.260. The summed E-state index contributed by atoms with van der Waals surface area (Å²) in [4.78, 5) is 11.6. The maximum atomic E-state index is 11.6. The second kappa shape index (κ2) is 8.12. The van der Waals surface area contributed by atoms with E-state index in [1.54, 1.807) is 0 Å². The molecule has 0 aromatic rings. The first-order valence-electron chi connectivity index (χ1n) is 7.25. The van der Waals surface area contributed by atoms with E-state index in [4.69, 9.17) is 5.11 Å². The van der Waals surface area contributed by atoms with Crippen molar-refractivity contribution < 1.29 is 15.0 Å². The van der Waals surface area contributed by atoms with Crippen LogP contribution in [0.15, 0.2) is 0 Å². The van der Waals surface area contributed by atoms with E-state index in [2.05, 4.69) is 12.2 Å². The van der Waals surface area contributed by atoms with Crippen LogP contribution in [0.2, 0.25) is 0 Å². The third-order valence-corrected chi connectivity index (χ3v) is 5.39. The molecule has 0 radical (unpaired) electrons. The van der Waals surface area contributed by atoms with Gasteiger partial charge < -0.3 is 15.5 Å². The lowest BCUT2D eigenvalue weighted by molar-refractivity contribution is -0.146. The number of carboxylic acids is 1. The monoisotopic (exact) mass is 289 g/mol. The molecule has 1 saturated carbocycles. The molecule has 3 unspecified atom stereocenters. The number of thioether (sulfide) groups is 1. The zero-order valence-corrected chi connectivity index (χ0v) is 12.8. The molecule has 3 N–H and O–H groups in total. The van der Waals surface area contributed by atoms with Crippen molar-refractivity contribution in [1.29, 1.82) is 0 Å². The molecule has 5 heteroatoms. The number of aliphatic hydroxyl groups is 1. The first-order chi connectivity index (χ1) is 9.04. The molecule has 0 amide bonds. The van der Waals surface area contributed by atoms with Gasteiger partial charge in [0, 0.05) is 11.9 Å². The number of carbonyl (C=O) groups is 1. The van der Waals surface area contributed by atoms with Gasteiger partial charge in [-0.05, 0) is 50.3 Å². The smallest absolute Gasteiger partial charge is 0.323 e. The summed E-state index contributed by atoms with van der Waals surface area (Å²) in [6.45, 7) is 5.05. The first kappa shape index (κ1) is 16.8. The second-order valence-corrected chi connectivity index (χ2v) is 6.99. The topological polar surface area (TPSA) is 69.6 Å². The lowest BCUT2D eigenvalue weighted by atomic mass is 9.81. The molecule has 1 aliphatic rings. The normalized spacial score (nSPS) is 29.1. The van der Waals surface area contributed by atoms with Crippen LogP contribution in [0.5, 0.6) is 0 Å². The zero-order chi connectivity index (χ0) is 14.3. The van der Waals surface area contributed by atoms with Gasteiger partial charge in [-0.25, -0.2) is 0 Å². The van der Waals surface area contributed by atoms with Gasteiger partial charge in [0.25, 0.3) is 0 Å². The Balaban J connectivity index is 2.56. The van der Waals surface area contributed by atoms with Crippen molar-refractivity contribution in [2.45, 2.75) is 56.7 Å². The predicted molar refractivity (Wildman–Crippen MR) is 79.6 cm³/mol. The first-order valence-corrected chi connectivity index (χ1v) is 8.30. The number of aliphatic carboxylic acids is 1. The Morgan fingerprint density at radius 2 is 2.32 bits per heavy atom. The molecule has 3 atom stereocenters. The molecule has 0 spiro atoms. The molecule has 0 aromatic carbocycles. The van der Waals surface area contributed by atoms with Crippen LogP contribution in [0.4, 0.5) is 0 Å². The molecular weight excluding hydrogens is 262 g/mol. The molecule has 0 aromatic heterocycles. The van der Waals surface area contributed by atoms with Gasteiger partial charge in [0.2, 0.25) is 0 Å². The van der Waals surface area contributed by atoms with Gasteiger partial charge in [-0.3, -0.25) is 4.79 Å². The van der Waals surface area contributed by atoms with Crippen molar-refractivity contribution in [2.75, 3.05) is 18.9 Å². The van der Waals surface area contributed by atoms with E-state index in [9.17, 15) is 9.90 Å². The molecule has 0 saturated heterocycles. The zero-order valence-electron chi connectivity index (χ0n) is 12.0. The van der Waals surface area contributed by atoms with Gasteiger partial charge in [0.15, 0.2) is 0 Å². The highest BCUT2D eigenvalue weighted by Crippen LogP contribution is 2.36. The van der Waals surface area contributed by atoms with Gasteiger partial charge >= 0.3 is 5.97 Å². The second-order valence-electron chi connectivity index (χ2n) is 5.65. The minimum absolute atomic E-state index is 0.206. The molecule has 1 rings (SSSR count). The summed E-state index contributed by atoms with van der Waals surface area (Å²) >= 11 is 1.82. The van der Waals surface area contributed by atoms with E-state index in [1.807, 2.05) is 18.7 Å². The Labute approximate surface area is 120 Å². The molecule has 19 heavy (non-hydrogen) atoms. The van der Waals surface area contributed by atoms with Crippen LogP contribution in [0, 0.1) is 5.92 Å². The van der Waals surface area contributed by atoms with E-state index in [1.165, 1.54) is 0 Å². The largest absolute Gasteiger partial charge is 0.480 e. The minimum atomic E-state index is -0.728. The van der Waals surface area contributed by atoms with Crippen LogP contribution in [0.3, 0.4) is 0 Å². The van der Waals surface area contributed by atoms with Crippen molar-refractivity contribution in [3.8, 4) is 0 Å². The molecule has 1 fully saturated rings. The summed E-state index contributed by atoms with van der Waals surface area (Å²) in [5, 5.41) is 22.2. The number of aliphatic hydroxyl groups excluding tert-OH is 1. The highest BCUT2D eigenvalue weighted by molar-refractivity contribution is 7.99. The van der Waals surface area contributed by atoms with Crippen molar-refractivity contribution in [3.63, 3.8) is 0 Å². The summed E-state index contributed by atoms with van der Waals surface area (Å²) < 4.78 is 0. The highest BCUT2D eigenvalue weighted by atomic mass is 32.2. The van der Waals surface area contributed by atoms with Crippen molar-refractivity contribution in [1.82, 2.24) is 5.32 Å². The van der Waals surface area contributed by atoms with Gasteiger partial charge in [-0.2, -0.15) is 11.8 Å². The minimum Gasteiger partial charge on any atom is -0.480 e. The van der Waals surface area contributed by atoms with E-state index in [-0.39, 0.29) is 12.5 Å². The summed E-state index contributed by atoms with van der Waals surface area (Å²) in [6.07, 6.45) is 4.44. The van der Waals surface area contributed by atoms with Crippen LogP contribution in [0.25, 0.3) is 0 Å². The number of rotatable bonds is 8. The molecule has 112 valence electrons. The summed E-state index contributed by atoms with van der Waals surface area (Å²) in [5.41, 5.74) is -0.728. The molecule has 0 bridgehead atoms. The van der Waals surface area contributed by atoms with Crippen LogP contribution in [-0.4, -0.2) is 45.9 Å². The highest BCUT2D eigenvalue weighted by Gasteiger charge is 2.42. The van der Waals surface area contributed by atoms with E-state index in [0.29, 0.717) is 11.7 Å². The lowest BCUT2D eigenvalue weighted by Gasteiger charge is -2.38. The van der Waals surface area contributed by atoms with E-state index < -0.39 is 11.5 Å². The van der Waals surface area contributed by atoms with E-state index in [0.717, 1.165) is 38.0 Å². The molecule has 0 aliphatic heterocycles. The fraction of sp³-hybridized carbons (Fsp3) is 0.929.